The summed E-state index contributed by atoms with van der Waals surface area (Å²) in [4.78, 5) is 13.8. The second-order valence-corrected chi connectivity index (χ2v) is 7.33. The average Bonchev–Trinajstić information content (AvgIpc) is 2.45. The quantitative estimate of drug-likeness (QED) is 0.784. The number of likely N-dealkylation sites (N-methyl/N-ethyl adjacent to an activating group) is 1. The molecule has 1 aliphatic carbocycles. The topological polar surface area (TPSA) is 49.8 Å². The van der Waals surface area contributed by atoms with E-state index in [1.807, 2.05) is 7.05 Å². The van der Waals surface area contributed by atoms with Crippen molar-refractivity contribution >= 4 is 5.97 Å². The summed E-state index contributed by atoms with van der Waals surface area (Å²) in [6, 6.07) is 0.350. The Hall–Kier alpha value is -0.610. The van der Waals surface area contributed by atoms with Gasteiger partial charge in [0.2, 0.25) is 0 Å². The standard InChI is InChI=1S/C17H33NO3/c1-7-17(3,4)13-8-9-14(16(19)20)15(10-13)18(5)12(2)11-21-6/h12-15H,7-11H2,1-6H3,(H,19,20). The van der Waals surface area contributed by atoms with Crippen LogP contribution in [0.2, 0.25) is 0 Å². The highest BCUT2D eigenvalue weighted by atomic mass is 16.5. The highest BCUT2D eigenvalue weighted by Gasteiger charge is 2.42. The van der Waals surface area contributed by atoms with Gasteiger partial charge in [0.15, 0.2) is 0 Å². The lowest BCUT2D eigenvalue weighted by Crippen LogP contribution is -2.51. The Morgan fingerprint density at radius 3 is 2.52 bits per heavy atom. The molecule has 1 fully saturated rings. The van der Waals surface area contributed by atoms with E-state index in [2.05, 4.69) is 32.6 Å². The van der Waals surface area contributed by atoms with Crippen LogP contribution in [0.15, 0.2) is 0 Å². The van der Waals surface area contributed by atoms with Crippen molar-refractivity contribution in [2.24, 2.45) is 17.3 Å². The summed E-state index contributed by atoms with van der Waals surface area (Å²) in [6.07, 6.45) is 3.93. The molecular weight excluding hydrogens is 266 g/mol. The summed E-state index contributed by atoms with van der Waals surface area (Å²) in [7, 11) is 3.74. The van der Waals surface area contributed by atoms with Gasteiger partial charge in [0.25, 0.3) is 0 Å². The third kappa shape index (κ3) is 4.43. The first-order valence-electron chi connectivity index (χ1n) is 8.18. The first-order chi connectivity index (χ1) is 9.74. The number of aliphatic carboxylic acids is 1. The number of hydrogen-bond acceptors (Lipinski definition) is 3. The van der Waals surface area contributed by atoms with Crippen LogP contribution in [-0.4, -0.2) is 48.8 Å². The fourth-order valence-corrected chi connectivity index (χ4v) is 3.57. The lowest BCUT2D eigenvalue weighted by Gasteiger charge is -2.46. The molecule has 1 saturated carbocycles. The molecule has 0 amide bonds. The summed E-state index contributed by atoms with van der Waals surface area (Å²) in [5.41, 5.74) is 0.285. The minimum atomic E-state index is -0.649. The lowest BCUT2D eigenvalue weighted by molar-refractivity contribution is -0.147. The molecule has 0 spiro atoms. The van der Waals surface area contributed by atoms with Crippen molar-refractivity contribution in [3.05, 3.63) is 0 Å². The van der Waals surface area contributed by atoms with Crippen LogP contribution in [0.25, 0.3) is 0 Å². The van der Waals surface area contributed by atoms with E-state index in [0.717, 1.165) is 25.7 Å². The van der Waals surface area contributed by atoms with Crippen LogP contribution in [0.5, 0.6) is 0 Å². The predicted octanol–water partition coefficient (Wildman–Crippen LogP) is 3.26. The number of ether oxygens (including phenoxy) is 1. The second kappa shape index (κ2) is 7.59. The highest BCUT2D eigenvalue weighted by molar-refractivity contribution is 5.71. The van der Waals surface area contributed by atoms with Crippen LogP contribution in [0.3, 0.4) is 0 Å². The van der Waals surface area contributed by atoms with Crippen LogP contribution in [0, 0.1) is 17.3 Å². The summed E-state index contributed by atoms with van der Waals surface area (Å²) < 4.78 is 5.24. The van der Waals surface area contributed by atoms with Crippen LogP contribution in [0.1, 0.15) is 53.4 Å². The van der Waals surface area contributed by atoms with Gasteiger partial charge in [-0.25, -0.2) is 0 Å². The van der Waals surface area contributed by atoms with Crippen molar-refractivity contribution in [2.45, 2.75) is 65.5 Å². The zero-order valence-electron chi connectivity index (χ0n) is 14.6. The van der Waals surface area contributed by atoms with E-state index in [1.165, 1.54) is 0 Å². The number of carbonyl (C=O) groups is 1. The normalized spacial score (nSPS) is 28.6. The van der Waals surface area contributed by atoms with Crippen LogP contribution in [0.4, 0.5) is 0 Å². The molecule has 1 rings (SSSR count). The number of carboxylic acid groups (broad SMARTS) is 1. The second-order valence-electron chi connectivity index (χ2n) is 7.33. The smallest absolute Gasteiger partial charge is 0.308 e. The maximum atomic E-state index is 11.6. The molecule has 21 heavy (non-hydrogen) atoms. The summed E-state index contributed by atoms with van der Waals surface area (Å²) >= 11 is 0. The fraction of sp³-hybridized carbons (Fsp3) is 0.941. The number of methoxy groups -OCH3 is 1. The minimum absolute atomic E-state index is 0.109. The third-order valence-electron chi connectivity index (χ3n) is 5.78. The number of hydrogen-bond donors (Lipinski definition) is 1. The molecule has 0 bridgehead atoms. The van der Waals surface area contributed by atoms with Gasteiger partial charge in [0.05, 0.1) is 12.5 Å². The van der Waals surface area contributed by atoms with Crippen molar-refractivity contribution in [2.75, 3.05) is 20.8 Å². The van der Waals surface area contributed by atoms with Gasteiger partial charge in [-0.1, -0.05) is 27.2 Å². The molecule has 1 N–H and O–H groups in total. The Morgan fingerprint density at radius 2 is 2.05 bits per heavy atom. The largest absolute Gasteiger partial charge is 0.481 e. The Balaban J connectivity index is 2.89. The van der Waals surface area contributed by atoms with Gasteiger partial charge in [-0.15, -0.1) is 0 Å². The van der Waals surface area contributed by atoms with Crippen LogP contribution >= 0.6 is 0 Å². The first kappa shape index (κ1) is 18.4. The van der Waals surface area contributed by atoms with Gasteiger partial charge in [-0.3, -0.25) is 9.69 Å². The molecule has 4 atom stereocenters. The summed E-state index contributed by atoms with van der Waals surface area (Å²) in [5, 5.41) is 9.56. The maximum Gasteiger partial charge on any atom is 0.308 e. The molecule has 1 aliphatic rings. The molecular formula is C17H33NO3. The molecule has 124 valence electrons. The maximum absolute atomic E-state index is 11.6. The van der Waals surface area contributed by atoms with E-state index in [4.69, 9.17) is 4.74 Å². The van der Waals surface area contributed by atoms with Gasteiger partial charge < -0.3 is 9.84 Å². The van der Waals surface area contributed by atoms with E-state index in [1.54, 1.807) is 7.11 Å². The van der Waals surface area contributed by atoms with Crippen LogP contribution in [-0.2, 0) is 9.53 Å². The molecule has 0 saturated heterocycles. The highest BCUT2D eigenvalue weighted by Crippen LogP contribution is 2.43. The van der Waals surface area contributed by atoms with E-state index < -0.39 is 5.97 Å². The number of nitrogens with zero attached hydrogens (tertiary/aromatic N) is 1. The summed E-state index contributed by atoms with van der Waals surface area (Å²) in [5.74, 6) is -0.303. The Morgan fingerprint density at radius 1 is 1.43 bits per heavy atom. The van der Waals surface area contributed by atoms with E-state index in [-0.39, 0.29) is 23.4 Å². The molecule has 4 unspecified atom stereocenters. The molecule has 0 aromatic heterocycles. The Bertz CT molecular complexity index is 343. The fourth-order valence-electron chi connectivity index (χ4n) is 3.57. The average molecular weight is 299 g/mol. The molecule has 0 heterocycles. The van der Waals surface area contributed by atoms with Gasteiger partial charge in [-0.05, 0) is 44.6 Å². The zero-order chi connectivity index (χ0) is 16.2. The van der Waals surface area contributed by atoms with Crippen LogP contribution < -0.4 is 0 Å². The monoisotopic (exact) mass is 299 g/mol. The van der Waals surface area contributed by atoms with E-state index >= 15 is 0 Å². The minimum Gasteiger partial charge on any atom is -0.481 e. The molecule has 0 aromatic carbocycles. The molecule has 0 aliphatic heterocycles. The van der Waals surface area contributed by atoms with Gasteiger partial charge in [-0.2, -0.15) is 0 Å². The first-order valence-corrected chi connectivity index (χ1v) is 8.18. The van der Waals surface area contributed by atoms with Crippen molar-refractivity contribution in [3.8, 4) is 0 Å². The van der Waals surface area contributed by atoms with Gasteiger partial charge >= 0.3 is 5.97 Å². The predicted molar refractivity (Wildman–Crippen MR) is 85.4 cm³/mol. The molecule has 0 aromatic rings. The Kier molecular flexibility index (Phi) is 6.67. The van der Waals surface area contributed by atoms with Gasteiger partial charge in [0, 0.05) is 19.2 Å². The van der Waals surface area contributed by atoms with Gasteiger partial charge in [0.1, 0.15) is 0 Å². The zero-order valence-corrected chi connectivity index (χ0v) is 14.6. The number of carboxylic acids is 1. The molecule has 4 heteroatoms. The molecule has 0 radical (unpaired) electrons. The van der Waals surface area contributed by atoms with Crippen molar-refractivity contribution in [3.63, 3.8) is 0 Å². The lowest BCUT2D eigenvalue weighted by atomic mass is 9.65. The van der Waals surface area contributed by atoms with E-state index in [0.29, 0.717) is 12.5 Å². The van der Waals surface area contributed by atoms with Crippen molar-refractivity contribution in [1.82, 2.24) is 4.90 Å². The SMILES string of the molecule is CCC(C)(C)C1CCC(C(=O)O)C(N(C)C(C)COC)C1. The number of rotatable bonds is 7. The Labute approximate surface area is 129 Å². The summed E-state index contributed by atoms with van der Waals surface area (Å²) in [6.45, 7) is 9.61. The molecule has 4 nitrogen and oxygen atoms in total. The third-order valence-corrected chi connectivity index (χ3v) is 5.78. The van der Waals surface area contributed by atoms with Crippen molar-refractivity contribution in [1.29, 1.82) is 0 Å². The van der Waals surface area contributed by atoms with E-state index in [9.17, 15) is 9.90 Å². The van der Waals surface area contributed by atoms with Crippen molar-refractivity contribution < 1.29 is 14.6 Å².